The molecule has 7 nitrogen and oxygen atoms in total. The predicted molar refractivity (Wildman–Crippen MR) is 79.9 cm³/mol. The van der Waals surface area contributed by atoms with Crippen molar-refractivity contribution in [1.29, 1.82) is 0 Å². The Bertz CT molecular complexity index is 575. The molecule has 8 heteroatoms. The topological polar surface area (TPSA) is 87.5 Å². The van der Waals surface area contributed by atoms with Crippen LogP contribution in [-0.2, 0) is 11.8 Å². The number of hydrogen-bond donors (Lipinski definition) is 2. The minimum atomic E-state index is -0.860. The first-order valence-electron chi connectivity index (χ1n) is 6.88. The maximum Gasteiger partial charge on any atom is 0.317 e. The third-order valence-corrected chi connectivity index (χ3v) is 3.98. The van der Waals surface area contributed by atoms with Gasteiger partial charge in [0.05, 0.1) is 18.4 Å². The van der Waals surface area contributed by atoms with E-state index in [1.165, 1.54) is 4.68 Å². The van der Waals surface area contributed by atoms with Gasteiger partial charge in [-0.05, 0) is 18.8 Å². The van der Waals surface area contributed by atoms with E-state index in [9.17, 15) is 9.59 Å². The van der Waals surface area contributed by atoms with Crippen LogP contribution in [-0.4, -0.2) is 47.0 Å². The van der Waals surface area contributed by atoms with Gasteiger partial charge in [0.1, 0.15) is 5.02 Å². The highest BCUT2D eigenvalue weighted by molar-refractivity contribution is 6.33. The van der Waals surface area contributed by atoms with E-state index in [1.54, 1.807) is 13.2 Å². The van der Waals surface area contributed by atoms with Crippen molar-refractivity contribution in [2.45, 2.75) is 12.8 Å². The van der Waals surface area contributed by atoms with Crippen LogP contribution in [0.15, 0.2) is 11.0 Å². The van der Waals surface area contributed by atoms with E-state index < -0.39 is 5.97 Å². The van der Waals surface area contributed by atoms with Gasteiger partial charge in [0.25, 0.3) is 5.56 Å². The molecule has 1 aromatic rings. The molecule has 1 fully saturated rings. The Morgan fingerprint density at radius 2 is 2.38 bits per heavy atom. The smallest absolute Gasteiger partial charge is 0.317 e. The molecule has 0 saturated carbocycles. The fourth-order valence-electron chi connectivity index (χ4n) is 2.56. The number of carbonyl (C=O) groups is 1. The van der Waals surface area contributed by atoms with Crippen molar-refractivity contribution in [1.82, 2.24) is 15.1 Å². The van der Waals surface area contributed by atoms with Gasteiger partial charge in [-0.15, -0.1) is 0 Å². The summed E-state index contributed by atoms with van der Waals surface area (Å²) in [4.78, 5) is 24.4. The van der Waals surface area contributed by atoms with Gasteiger partial charge in [-0.25, -0.2) is 4.68 Å². The molecule has 1 unspecified atom stereocenters. The number of rotatable bonds is 5. The fourth-order valence-corrected chi connectivity index (χ4v) is 2.85. The molecule has 116 valence electrons. The highest BCUT2D eigenvalue weighted by Crippen LogP contribution is 2.26. The summed E-state index contributed by atoms with van der Waals surface area (Å²) >= 11 is 6.12. The van der Waals surface area contributed by atoms with Crippen LogP contribution < -0.4 is 15.8 Å². The first kappa shape index (κ1) is 15.8. The van der Waals surface area contributed by atoms with Crippen LogP contribution in [0.2, 0.25) is 5.02 Å². The lowest BCUT2D eigenvalue weighted by atomic mass is 9.97. The van der Waals surface area contributed by atoms with Crippen LogP contribution in [0.3, 0.4) is 0 Å². The summed E-state index contributed by atoms with van der Waals surface area (Å²) < 4.78 is 1.21. The van der Waals surface area contributed by atoms with Gasteiger partial charge < -0.3 is 15.3 Å². The van der Waals surface area contributed by atoms with Crippen molar-refractivity contribution in [2.24, 2.45) is 13.0 Å². The molecular weight excluding hydrogens is 296 g/mol. The molecule has 1 saturated heterocycles. The highest BCUT2D eigenvalue weighted by Gasteiger charge is 2.23. The van der Waals surface area contributed by atoms with Crippen molar-refractivity contribution in [3.05, 3.63) is 21.6 Å². The van der Waals surface area contributed by atoms with Crippen LogP contribution in [0.25, 0.3) is 0 Å². The molecule has 0 spiro atoms. The van der Waals surface area contributed by atoms with Gasteiger partial charge in [-0.1, -0.05) is 11.6 Å². The predicted octanol–water partition coefficient (Wildman–Crippen LogP) is 0.324. The van der Waals surface area contributed by atoms with Crippen molar-refractivity contribution in [3.8, 4) is 0 Å². The number of carboxylic acid groups (broad SMARTS) is 1. The second-order valence-corrected chi connectivity index (χ2v) is 5.63. The zero-order valence-electron chi connectivity index (χ0n) is 11.9. The first-order chi connectivity index (χ1) is 9.99. The van der Waals surface area contributed by atoms with E-state index in [0.29, 0.717) is 18.2 Å². The Hall–Kier alpha value is -1.60. The van der Waals surface area contributed by atoms with Crippen molar-refractivity contribution in [2.75, 3.05) is 31.1 Å². The second kappa shape index (κ2) is 6.91. The second-order valence-electron chi connectivity index (χ2n) is 5.25. The summed E-state index contributed by atoms with van der Waals surface area (Å²) in [5.74, 6) is -0.528. The minimum Gasteiger partial charge on any atom is -0.480 e. The molecule has 21 heavy (non-hydrogen) atoms. The molecular formula is C13H19ClN4O3. The van der Waals surface area contributed by atoms with Crippen LogP contribution in [0.5, 0.6) is 0 Å². The Labute approximate surface area is 127 Å². The van der Waals surface area contributed by atoms with Crippen molar-refractivity contribution < 1.29 is 9.90 Å². The van der Waals surface area contributed by atoms with Gasteiger partial charge in [0.15, 0.2) is 0 Å². The largest absolute Gasteiger partial charge is 0.480 e. The molecule has 0 radical (unpaired) electrons. The maximum atomic E-state index is 11.8. The average molecular weight is 315 g/mol. The van der Waals surface area contributed by atoms with Gasteiger partial charge in [-0.2, -0.15) is 5.10 Å². The summed E-state index contributed by atoms with van der Waals surface area (Å²) in [5, 5.41) is 15.7. The average Bonchev–Trinajstić information content (AvgIpc) is 2.45. The van der Waals surface area contributed by atoms with Crippen LogP contribution in [0.4, 0.5) is 5.69 Å². The molecule has 0 amide bonds. The van der Waals surface area contributed by atoms with Crippen molar-refractivity contribution in [3.63, 3.8) is 0 Å². The number of halogens is 1. The number of nitrogens with zero attached hydrogens (tertiary/aromatic N) is 3. The van der Waals surface area contributed by atoms with Crippen LogP contribution in [0.1, 0.15) is 12.8 Å². The van der Waals surface area contributed by atoms with Crippen LogP contribution >= 0.6 is 11.6 Å². The Balaban J connectivity index is 2.02. The molecule has 1 aromatic heterocycles. The third kappa shape index (κ3) is 3.95. The zero-order chi connectivity index (χ0) is 15.4. The van der Waals surface area contributed by atoms with E-state index in [2.05, 4.69) is 10.4 Å². The van der Waals surface area contributed by atoms with Crippen LogP contribution in [0, 0.1) is 5.92 Å². The van der Waals surface area contributed by atoms with E-state index in [0.717, 1.165) is 25.9 Å². The summed E-state index contributed by atoms with van der Waals surface area (Å²) in [6, 6.07) is 0. The normalized spacial score (nSPS) is 18.8. The third-order valence-electron chi connectivity index (χ3n) is 3.63. The zero-order valence-corrected chi connectivity index (χ0v) is 12.6. The molecule has 1 aliphatic heterocycles. The van der Waals surface area contributed by atoms with Gasteiger partial charge in [0, 0.05) is 26.7 Å². The molecule has 2 rings (SSSR count). The Morgan fingerprint density at radius 1 is 1.62 bits per heavy atom. The summed E-state index contributed by atoms with van der Waals surface area (Å²) in [6.45, 7) is 2.16. The maximum absolute atomic E-state index is 11.8. The number of aromatic nitrogens is 2. The van der Waals surface area contributed by atoms with Gasteiger partial charge >= 0.3 is 5.97 Å². The minimum absolute atomic E-state index is 0.0370. The van der Waals surface area contributed by atoms with E-state index in [1.807, 2.05) is 4.90 Å². The number of aliphatic carboxylic acids is 1. The number of piperidine rings is 1. The summed E-state index contributed by atoms with van der Waals surface area (Å²) in [5.41, 5.74) is 0.350. The molecule has 0 aliphatic carbocycles. The summed E-state index contributed by atoms with van der Waals surface area (Å²) in [6.07, 6.45) is 3.61. The standard InChI is InChI=1S/C13H19ClN4O3/c1-17-13(21)12(14)10(6-16-17)18-4-2-3-9(8-18)5-15-7-11(19)20/h6,9,15H,2-5,7-8H2,1H3,(H,19,20). The number of carboxylic acids is 1. The number of anilines is 1. The molecule has 1 atom stereocenters. The van der Waals surface area contributed by atoms with Crippen molar-refractivity contribution >= 4 is 23.3 Å². The Kier molecular flexibility index (Phi) is 5.19. The fraction of sp³-hybridized carbons (Fsp3) is 0.615. The SMILES string of the molecule is Cn1ncc(N2CCCC(CNCC(=O)O)C2)c(Cl)c1=O. The van der Waals surface area contributed by atoms with E-state index in [4.69, 9.17) is 16.7 Å². The highest BCUT2D eigenvalue weighted by atomic mass is 35.5. The van der Waals surface area contributed by atoms with Gasteiger partial charge in [0.2, 0.25) is 0 Å². The molecule has 0 aromatic carbocycles. The molecule has 2 heterocycles. The van der Waals surface area contributed by atoms with Gasteiger partial charge in [-0.3, -0.25) is 9.59 Å². The molecule has 0 bridgehead atoms. The number of nitrogens with one attached hydrogen (secondary N) is 1. The summed E-state index contributed by atoms with van der Waals surface area (Å²) in [7, 11) is 1.56. The lowest BCUT2D eigenvalue weighted by Gasteiger charge is -2.34. The quantitative estimate of drug-likeness (QED) is 0.814. The lowest BCUT2D eigenvalue weighted by Crippen LogP contribution is -2.41. The molecule has 1 aliphatic rings. The molecule has 2 N–H and O–H groups in total. The number of aryl methyl sites for hydroxylation is 1. The monoisotopic (exact) mass is 314 g/mol. The number of hydrogen-bond acceptors (Lipinski definition) is 5. The van der Waals surface area contributed by atoms with E-state index in [-0.39, 0.29) is 17.1 Å². The first-order valence-corrected chi connectivity index (χ1v) is 7.26. The Morgan fingerprint density at radius 3 is 3.10 bits per heavy atom. The van der Waals surface area contributed by atoms with E-state index >= 15 is 0 Å². The lowest BCUT2D eigenvalue weighted by molar-refractivity contribution is -0.136.